The molecule has 0 amide bonds. The Morgan fingerprint density at radius 3 is 1.36 bits per heavy atom. The van der Waals surface area contributed by atoms with E-state index in [9.17, 15) is 14.4 Å². The van der Waals surface area contributed by atoms with Crippen molar-refractivity contribution in [3.8, 4) is 0 Å². The first-order valence-electron chi connectivity index (χ1n) is 21.8. The topological polar surface area (TPSA) is 78.9 Å². The molecule has 0 N–H and O–H groups in total. The van der Waals surface area contributed by atoms with E-state index in [1.54, 1.807) is 0 Å². The fourth-order valence-corrected chi connectivity index (χ4v) is 5.73. The molecule has 0 saturated heterocycles. The molecular weight excluding hydrogens is 661 g/mol. The van der Waals surface area contributed by atoms with E-state index in [1.165, 1.54) is 77.0 Å². The van der Waals surface area contributed by atoms with Crippen LogP contribution in [-0.4, -0.2) is 37.2 Å². The molecule has 53 heavy (non-hydrogen) atoms. The second-order valence-corrected chi connectivity index (χ2v) is 14.3. The summed E-state index contributed by atoms with van der Waals surface area (Å²) in [7, 11) is 0. The van der Waals surface area contributed by atoms with Crippen LogP contribution in [0.25, 0.3) is 0 Å². The monoisotopic (exact) mass is 741 g/mol. The summed E-state index contributed by atoms with van der Waals surface area (Å²) in [6.45, 7) is 6.37. The van der Waals surface area contributed by atoms with Crippen LogP contribution in [0.15, 0.2) is 60.8 Å². The molecule has 0 fully saturated rings. The zero-order valence-corrected chi connectivity index (χ0v) is 34.5. The van der Waals surface area contributed by atoms with Gasteiger partial charge in [-0.25, -0.2) is 0 Å². The lowest BCUT2D eigenvalue weighted by Gasteiger charge is -2.18. The molecule has 1 unspecified atom stereocenters. The van der Waals surface area contributed by atoms with Crippen molar-refractivity contribution in [1.82, 2.24) is 0 Å². The first-order valence-corrected chi connectivity index (χ1v) is 21.8. The van der Waals surface area contributed by atoms with E-state index in [1.807, 2.05) is 0 Å². The molecule has 0 aliphatic heterocycles. The summed E-state index contributed by atoms with van der Waals surface area (Å²) in [4.78, 5) is 37.6. The van der Waals surface area contributed by atoms with E-state index >= 15 is 0 Å². The second kappa shape index (κ2) is 41.9. The molecule has 0 aliphatic carbocycles. The van der Waals surface area contributed by atoms with Gasteiger partial charge in [-0.05, 0) is 64.2 Å². The second-order valence-electron chi connectivity index (χ2n) is 14.3. The van der Waals surface area contributed by atoms with Gasteiger partial charge in [0.1, 0.15) is 13.2 Å². The summed E-state index contributed by atoms with van der Waals surface area (Å²) in [5.74, 6) is -0.992. The van der Waals surface area contributed by atoms with E-state index in [2.05, 4.69) is 81.5 Å². The standard InChI is InChI=1S/C47H80O6/c1-4-7-10-13-16-19-22-23-26-28-31-34-37-40-46(49)52-43-44(53-47(50)41-38-35-32-29-25-21-18-15-12-9-6-3)42-51-45(48)39-36-33-30-27-24-20-17-14-11-8-5-2/h9,12,14,17-18,20-21,24,29,32,44H,4-8,10-11,13,15-16,19,22-23,25-28,30-31,33-43H2,1-3H3/b12-9-,17-14-,21-18-,24-20-,32-29-. The van der Waals surface area contributed by atoms with Crippen molar-refractivity contribution in [3.05, 3.63) is 60.8 Å². The maximum Gasteiger partial charge on any atom is 0.306 e. The summed E-state index contributed by atoms with van der Waals surface area (Å²) in [5.41, 5.74) is 0. The molecule has 0 aromatic rings. The minimum Gasteiger partial charge on any atom is -0.462 e. The normalized spacial score (nSPS) is 12.6. The van der Waals surface area contributed by atoms with E-state index < -0.39 is 6.10 Å². The third-order valence-corrected chi connectivity index (χ3v) is 9.03. The van der Waals surface area contributed by atoms with E-state index in [0.29, 0.717) is 19.3 Å². The summed E-state index contributed by atoms with van der Waals surface area (Å²) in [6, 6.07) is 0. The van der Waals surface area contributed by atoms with E-state index in [0.717, 1.165) is 77.0 Å². The van der Waals surface area contributed by atoms with Gasteiger partial charge in [0.15, 0.2) is 6.10 Å². The number of rotatable bonds is 38. The van der Waals surface area contributed by atoms with Gasteiger partial charge in [0.05, 0.1) is 0 Å². The highest BCUT2D eigenvalue weighted by atomic mass is 16.6. The molecule has 0 radical (unpaired) electrons. The van der Waals surface area contributed by atoms with Crippen LogP contribution in [0.5, 0.6) is 0 Å². The van der Waals surface area contributed by atoms with Gasteiger partial charge < -0.3 is 14.2 Å². The molecule has 0 heterocycles. The summed E-state index contributed by atoms with van der Waals surface area (Å²) < 4.78 is 16.6. The summed E-state index contributed by atoms with van der Waals surface area (Å²) in [5, 5.41) is 0. The molecule has 0 aliphatic rings. The van der Waals surface area contributed by atoms with Gasteiger partial charge in [0.2, 0.25) is 0 Å². The maximum absolute atomic E-state index is 12.6. The number of unbranched alkanes of at least 4 members (excludes halogenated alkanes) is 18. The van der Waals surface area contributed by atoms with Crippen LogP contribution in [-0.2, 0) is 28.6 Å². The van der Waals surface area contributed by atoms with Crippen molar-refractivity contribution >= 4 is 17.9 Å². The molecule has 0 aromatic carbocycles. The maximum atomic E-state index is 12.6. The molecule has 0 spiro atoms. The van der Waals surface area contributed by atoms with E-state index in [4.69, 9.17) is 14.2 Å². The number of allylic oxidation sites excluding steroid dienone is 10. The fraction of sp³-hybridized carbons (Fsp3) is 0.723. The van der Waals surface area contributed by atoms with Crippen molar-refractivity contribution in [2.24, 2.45) is 0 Å². The average Bonchev–Trinajstić information content (AvgIpc) is 3.15. The van der Waals surface area contributed by atoms with Gasteiger partial charge in [-0.15, -0.1) is 0 Å². The molecule has 6 heteroatoms. The SMILES string of the molecule is CC/C=C\C/C=C\C/C=C\CCCC(=O)OC(COC(=O)CCCCC/C=C\C=C/CCCC)COC(=O)CCCCCCCCCCCCCCC. The first kappa shape index (κ1) is 50.1. The van der Waals surface area contributed by atoms with Gasteiger partial charge in [-0.1, -0.05) is 178 Å². The molecule has 0 rings (SSSR count). The molecule has 0 aromatic heterocycles. The minimum absolute atomic E-state index is 0.102. The van der Waals surface area contributed by atoms with Crippen LogP contribution in [0.1, 0.15) is 201 Å². The van der Waals surface area contributed by atoms with Gasteiger partial charge in [0.25, 0.3) is 0 Å². The van der Waals surface area contributed by atoms with Crippen LogP contribution in [0.4, 0.5) is 0 Å². The number of carbonyl (C=O) groups is 3. The zero-order chi connectivity index (χ0) is 38.7. The first-order chi connectivity index (χ1) is 26.0. The minimum atomic E-state index is -0.806. The van der Waals surface area contributed by atoms with Crippen LogP contribution >= 0.6 is 0 Å². The Balaban J connectivity index is 4.47. The smallest absolute Gasteiger partial charge is 0.306 e. The van der Waals surface area contributed by atoms with Crippen molar-refractivity contribution in [2.45, 2.75) is 207 Å². The van der Waals surface area contributed by atoms with Crippen LogP contribution in [0.3, 0.4) is 0 Å². The zero-order valence-electron chi connectivity index (χ0n) is 34.5. The highest BCUT2D eigenvalue weighted by Crippen LogP contribution is 2.14. The highest BCUT2D eigenvalue weighted by molar-refractivity contribution is 5.71. The number of ether oxygens (including phenoxy) is 3. The number of esters is 3. The van der Waals surface area contributed by atoms with Crippen LogP contribution in [0.2, 0.25) is 0 Å². The van der Waals surface area contributed by atoms with Gasteiger partial charge in [-0.2, -0.15) is 0 Å². The fourth-order valence-electron chi connectivity index (χ4n) is 5.73. The Labute approximate surface area is 326 Å². The third kappa shape index (κ3) is 40.1. The number of hydrogen-bond donors (Lipinski definition) is 0. The van der Waals surface area contributed by atoms with Crippen LogP contribution in [0, 0.1) is 0 Å². The molecule has 0 saturated carbocycles. The largest absolute Gasteiger partial charge is 0.462 e. The summed E-state index contributed by atoms with van der Waals surface area (Å²) >= 11 is 0. The van der Waals surface area contributed by atoms with E-state index in [-0.39, 0.29) is 37.5 Å². The molecule has 1 atom stereocenters. The third-order valence-electron chi connectivity index (χ3n) is 9.03. The molecule has 0 bridgehead atoms. The Morgan fingerprint density at radius 1 is 0.415 bits per heavy atom. The number of carbonyl (C=O) groups excluding carboxylic acids is 3. The Hall–Kier alpha value is -2.89. The van der Waals surface area contributed by atoms with Crippen molar-refractivity contribution in [2.75, 3.05) is 13.2 Å². The lowest BCUT2D eigenvalue weighted by Crippen LogP contribution is -2.30. The van der Waals surface area contributed by atoms with Crippen LogP contribution < -0.4 is 0 Å². The Morgan fingerprint density at radius 2 is 0.830 bits per heavy atom. The Bertz CT molecular complexity index is 991. The van der Waals surface area contributed by atoms with Crippen molar-refractivity contribution in [3.63, 3.8) is 0 Å². The van der Waals surface area contributed by atoms with Crippen molar-refractivity contribution < 1.29 is 28.6 Å². The quantitative estimate of drug-likeness (QED) is 0.0206. The Kier molecular flexibility index (Phi) is 39.6. The molecule has 304 valence electrons. The summed E-state index contributed by atoms with van der Waals surface area (Å²) in [6.07, 6.45) is 49.3. The van der Waals surface area contributed by atoms with Gasteiger partial charge in [0, 0.05) is 19.3 Å². The van der Waals surface area contributed by atoms with Gasteiger partial charge in [-0.3, -0.25) is 14.4 Å². The lowest BCUT2D eigenvalue weighted by atomic mass is 10.0. The average molecular weight is 741 g/mol. The number of hydrogen-bond acceptors (Lipinski definition) is 6. The molecule has 6 nitrogen and oxygen atoms in total. The van der Waals surface area contributed by atoms with Crippen molar-refractivity contribution in [1.29, 1.82) is 0 Å². The lowest BCUT2D eigenvalue weighted by molar-refractivity contribution is -0.167. The highest BCUT2D eigenvalue weighted by Gasteiger charge is 2.19. The van der Waals surface area contributed by atoms with Gasteiger partial charge >= 0.3 is 17.9 Å². The molecular formula is C47H80O6. The predicted octanol–water partition coefficient (Wildman–Crippen LogP) is 13.7. The predicted molar refractivity (Wildman–Crippen MR) is 224 cm³/mol.